The minimum Gasteiger partial charge on any atom is -0.384 e. The number of nitrogens with zero attached hydrogens (tertiary/aromatic N) is 4. The van der Waals surface area contributed by atoms with E-state index in [1.807, 2.05) is 29.3 Å². The van der Waals surface area contributed by atoms with Gasteiger partial charge in [-0.25, -0.2) is 4.98 Å². The molecule has 1 aliphatic rings. The molecule has 0 N–H and O–H groups in total. The van der Waals surface area contributed by atoms with Gasteiger partial charge in [-0.05, 0) is 18.9 Å². The lowest BCUT2D eigenvalue weighted by molar-refractivity contribution is -0.135. The number of carbonyl (C=O) groups is 1. The molecule has 1 amide bonds. The zero-order valence-corrected chi connectivity index (χ0v) is 17.7. The highest BCUT2D eigenvalue weighted by Crippen LogP contribution is 2.25. The van der Waals surface area contributed by atoms with E-state index in [0.717, 1.165) is 73.1 Å². The van der Waals surface area contributed by atoms with Crippen LogP contribution < -0.4 is 0 Å². The van der Waals surface area contributed by atoms with Gasteiger partial charge in [-0.3, -0.25) is 9.78 Å². The van der Waals surface area contributed by atoms with Gasteiger partial charge in [0.15, 0.2) is 0 Å². The van der Waals surface area contributed by atoms with Crippen molar-refractivity contribution < 1.29 is 14.3 Å². The zero-order valence-electron chi connectivity index (χ0n) is 17.7. The summed E-state index contributed by atoms with van der Waals surface area (Å²) in [5, 5.41) is 1.13. The molecule has 1 saturated heterocycles. The number of imidazole rings is 1. The Morgan fingerprint density at radius 1 is 1.13 bits per heavy atom. The zero-order chi connectivity index (χ0) is 20.8. The van der Waals surface area contributed by atoms with Crippen LogP contribution >= 0.6 is 0 Å². The van der Waals surface area contributed by atoms with Crippen LogP contribution in [-0.2, 0) is 27.2 Å². The maximum Gasteiger partial charge on any atom is 0.222 e. The molecule has 3 aromatic rings. The number of methoxy groups -OCH3 is 1. The van der Waals surface area contributed by atoms with E-state index in [1.54, 1.807) is 7.11 Å². The number of carbonyl (C=O) groups excluding carboxylic acids is 1. The smallest absolute Gasteiger partial charge is 0.222 e. The number of benzene rings is 1. The van der Waals surface area contributed by atoms with Gasteiger partial charge in [-0.15, -0.1) is 0 Å². The van der Waals surface area contributed by atoms with Crippen LogP contribution in [0, 0.1) is 0 Å². The Labute approximate surface area is 177 Å². The number of aromatic nitrogens is 3. The molecule has 160 valence electrons. The second-order valence-electron chi connectivity index (χ2n) is 7.74. The fourth-order valence-electron chi connectivity index (χ4n) is 4.13. The maximum absolute atomic E-state index is 12.3. The number of ether oxygens (including phenoxy) is 2. The molecule has 4 rings (SSSR count). The second-order valence-corrected chi connectivity index (χ2v) is 7.74. The molecule has 7 heteroatoms. The van der Waals surface area contributed by atoms with Gasteiger partial charge in [0.25, 0.3) is 0 Å². The highest BCUT2D eigenvalue weighted by molar-refractivity contribution is 6.02. The van der Waals surface area contributed by atoms with Crippen LogP contribution in [0.15, 0.2) is 30.5 Å². The SMILES string of the molecule is COCCc1nc2cnc3ccccc3c2n1CCCCCC(=O)N1CCOCC1. The molecule has 1 aliphatic heterocycles. The van der Waals surface area contributed by atoms with Crippen molar-refractivity contribution in [1.82, 2.24) is 19.4 Å². The Morgan fingerprint density at radius 2 is 1.97 bits per heavy atom. The fourth-order valence-corrected chi connectivity index (χ4v) is 4.13. The van der Waals surface area contributed by atoms with Crippen molar-refractivity contribution in [2.75, 3.05) is 40.0 Å². The van der Waals surface area contributed by atoms with E-state index in [1.165, 1.54) is 0 Å². The molecule has 7 nitrogen and oxygen atoms in total. The second kappa shape index (κ2) is 10.00. The van der Waals surface area contributed by atoms with E-state index in [0.29, 0.717) is 26.2 Å². The summed E-state index contributed by atoms with van der Waals surface area (Å²) < 4.78 is 12.9. The average Bonchev–Trinajstić information content (AvgIpc) is 3.15. The summed E-state index contributed by atoms with van der Waals surface area (Å²) in [6, 6.07) is 8.22. The number of amides is 1. The molecule has 1 fully saturated rings. The highest BCUT2D eigenvalue weighted by Gasteiger charge is 2.17. The third-order valence-electron chi connectivity index (χ3n) is 5.72. The standard InChI is InChI=1S/C23H30N4O3/c1-29-14-10-21-25-20-17-24-19-8-5-4-7-18(19)23(20)27(21)11-6-2-3-9-22(28)26-12-15-30-16-13-26/h4-5,7-8,17H,2-3,6,9-16H2,1H3. The largest absolute Gasteiger partial charge is 0.384 e. The van der Waals surface area contributed by atoms with Crippen molar-refractivity contribution in [1.29, 1.82) is 0 Å². The Kier molecular flexibility index (Phi) is 6.92. The van der Waals surface area contributed by atoms with Crippen molar-refractivity contribution in [2.24, 2.45) is 0 Å². The first-order valence-corrected chi connectivity index (χ1v) is 10.9. The van der Waals surface area contributed by atoms with E-state index < -0.39 is 0 Å². The Morgan fingerprint density at radius 3 is 2.80 bits per heavy atom. The lowest BCUT2D eigenvalue weighted by atomic mass is 10.1. The number of para-hydroxylation sites is 1. The van der Waals surface area contributed by atoms with E-state index in [4.69, 9.17) is 14.5 Å². The molecular formula is C23H30N4O3. The van der Waals surface area contributed by atoms with Crippen LogP contribution in [0.5, 0.6) is 0 Å². The van der Waals surface area contributed by atoms with E-state index in [-0.39, 0.29) is 5.91 Å². The maximum atomic E-state index is 12.3. The first-order chi connectivity index (χ1) is 14.8. The first kappa shape index (κ1) is 20.8. The van der Waals surface area contributed by atoms with Crippen molar-refractivity contribution >= 4 is 27.8 Å². The van der Waals surface area contributed by atoms with Crippen LogP contribution in [0.25, 0.3) is 21.9 Å². The quantitative estimate of drug-likeness (QED) is 0.507. The van der Waals surface area contributed by atoms with Crippen LogP contribution in [0.1, 0.15) is 31.5 Å². The number of hydrogen-bond donors (Lipinski definition) is 0. The van der Waals surface area contributed by atoms with E-state index in [2.05, 4.69) is 15.6 Å². The van der Waals surface area contributed by atoms with Gasteiger partial charge in [-0.1, -0.05) is 24.6 Å². The van der Waals surface area contributed by atoms with Gasteiger partial charge in [-0.2, -0.15) is 0 Å². The number of morpholine rings is 1. The molecule has 0 bridgehead atoms. The van der Waals surface area contributed by atoms with Gasteiger partial charge >= 0.3 is 0 Å². The molecule has 0 saturated carbocycles. The number of pyridine rings is 1. The van der Waals surface area contributed by atoms with Crippen molar-refractivity contribution in [2.45, 2.75) is 38.6 Å². The van der Waals surface area contributed by atoms with Gasteiger partial charge < -0.3 is 18.9 Å². The number of unbranched alkanes of at least 4 members (excludes halogenated alkanes) is 2. The van der Waals surface area contributed by atoms with Crippen LogP contribution in [0.4, 0.5) is 0 Å². The van der Waals surface area contributed by atoms with Gasteiger partial charge in [0.1, 0.15) is 11.3 Å². The molecule has 0 aliphatic carbocycles. The molecule has 1 aromatic carbocycles. The van der Waals surface area contributed by atoms with Crippen LogP contribution in [0.3, 0.4) is 0 Å². The molecule has 3 heterocycles. The van der Waals surface area contributed by atoms with Gasteiger partial charge in [0.2, 0.25) is 5.91 Å². The molecule has 0 spiro atoms. The lowest BCUT2D eigenvalue weighted by Crippen LogP contribution is -2.40. The Bertz CT molecular complexity index is 995. The normalized spacial score (nSPS) is 14.6. The summed E-state index contributed by atoms with van der Waals surface area (Å²) in [7, 11) is 1.72. The number of rotatable bonds is 9. The van der Waals surface area contributed by atoms with E-state index in [9.17, 15) is 4.79 Å². The number of fused-ring (bicyclic) bond motifs is 3. The third-order valence-corrected chi connectivity index (χ3v) is 5.72. The molecule has 30 heavy (non-hydrogen) atoms. The monoisotopic (exact) mass is 410 g/mol. The summed E-state index contributed by atoms with van der Waals surface area (Å²) in [4.78, 5) is 23.6. The average molecular weight is 411 g/mol. The predicted octanol–water partition coefficient (Wildman–Crippen LogP) is 3.19. The third kappa shape index (κ3) is 4.63. The number of aryl methyl sites for hydroxylation is 1. The van der Waals surface area contributed by atoms with Crippen molar-refractivity contribution in [3.05, 3.63) is 36.3 Å². The minimum absolute atomic E-state index is 0.254. The van der Waals surface area contributed by atoms with Crippen LogP contribution in [-0.4, -0.2) is 65.4 Å². The van der Waals surface area contributed by atoms with Crippen molar-refractivity contribution in [3.63, 3.8) is 0 Å². The lowest BCUT2D eigenvalue weighted by Gasteiger charge is -2.26. The minimum atomic E-state index is 0.254. The first-order valence-electron chi connectivity index (χ1n) is 10.9. The summed E-state index contributed by atoms with van der Waals surface area (Å²) in [6.45, 7) is 4.30. The van der Waals surface area contributed by atoms with E-state index >= 15 is 0 Å². The van der Waals surface area contributed by atoms with Gasteiger partial charge in [0.05, 0.1) is 37.1 Å². The summed E-state index contributed by atoms with van der Waals surface area (Å²) >= 11 is 0. The fraction of sp³-hybridized carbons (Fsp3) is 0.522. The van der Waals surface area contributed by atoms with Crippen LogP contribution in [0.2, 0.25) is 0 Å². The molecule has 2 aromatic heterocycles. The molecule has 0 unspecified atom stereocenters. The summed E-state index contributed by atoms with van der Waals surface area (Å²) in [5.41, 5.74) is 3.07. The molecule has 0 radical (unpaired) electrons. The summed E-state index contributed by atoms with van der Waals surface area (Å²) in [6.07, 6.45) is 6.20. The Balaban J connectivity index is 1.43. The number of hydrogen-bond acceptors (Lipinski definition) is 5. The topological polar surface area (TPSA) is 69.5 Å². The predicted molar refractivity (Wildman–Crippen MR) is 116 cm³/mol. The molecule has 0 atom stereocenters. The van der Waals surface area contributed by atoms with Crippen molar-refractivity contribution in [3.8, 4) is 0 Å². The highest BCUT2D eigenvalue weighted by atomic mass is 16.5. The summed E-state index contributed by atoms with van der Waals surface area (Å²) in [5.74, 6) is 1.29. The Hall–Kier alpha value is -2.51. The molecular weight excluding hydrogens is 380 g/mol. The van der Waals surface area contributed by atoms with Gasteiger partial charge in [0, 0.05) is 45.0 Å².